The van der Waals surface area contributed by atoms with Crippen LogP contribution in [0.4, 0.5) is 25.8 Å². The van der Waals surface area contributed by atoms with E-state index in [2.05, 4.69) is 10.6 Å². The molecule has 120 valence electrons. The van der Waals surface area contributed by atoms with Crippen molar-refractivity contribution in [2.24, 2.45) is 0 Å². The Kier molecular flexibility index (Phi) is 4.52. The number of carbonyl (C=O) groups excluding carboxylic acids is 1. The minimum absolute atomic E-state index is 0.197. The van der Waals surface area contributed by atoms with Gasteiger partial charge in [-0.2, -0.15) is 0 Å². The first kappa shape index (κ1) is 15.7. The van der Waals surface area contributed by atoms with Crippen LogP contribution in [0, 0.1) is 11.6 Å². The molecule has 0 radical (unpaired) electrons. The lowest BCUT2D eigenvalue weighted by Crippen LogP contribution is -2.11. The molecule has 5 heteroatoms. The van der Waals surface area contributed by atoms with Crippen LogP contribution in [0.3, 0.4) is 0 Å². The molecule has 0 aliphatic carbocycles. The zero-order chi connectivity index (χ0) is 16.9. The van der Waals surface area contributed by atoms with E-state index in [0.717, 1.165) is 12.1 Å². The van der Waals surface area contributed by atoms with Crippen molar-refractivity contribution in [2.45, 2.75) is 0 Å². The van der Waals surface area contributed by atoms with Crippen molar-refractivity contribution in [3.63, 3.8) is 0 Å². The van der Waals surface area contributed by atoms with Crippen molar-refractivity contribution in [1.29, 1.82) is 0 Å². The standard InChI is InChI=1S/C19H14F2N2O/c20-17-11-10-16(12-18(17)21)22-14-6-8-15(9-7-14)23-19(24)13-4-2-1-3-5-13/h1-12,22H,(H,23,24). The van der Waals surface area contributed by atoms with Crippen molar-refractivity contribution in [2.75, 3.05) is 10.6 Å². The predicted molar refractivity (Wildman–Crippen MR) is 90.5 cm³/mol. The molecule has 1 amide bonds. The Hall–Kier alpha value is -3.21. The Morgan fingerprint density at radius 3 is 2.00 bits per heavy atom. The highest BCUT2D eigenvalue weighted by molar-refractivity contribution is 6.04. The number of amides is 1. The SMILES string of the molecule is O=C(Nc1ccc(Nc2ccc(F)c(F)c2)cc1)c1ccccc1. The Morgan fingerprint density at radius 2 is 1.33 bits per heavy atom. The van der Waals surface area contributed by atoms with Crippen LogP contribution in [0.25, 0.3) is 0 Å². The van der Waals surface area contributed by atoms with E-state index in [4.69, 9.17) is 0 Å². The molecule has 3 rings (SSSR count). The molecule has 0 aliphatic rings. The second-order valence-electron chi connectivity index (χ2n) is 5.15. The van der Waals surface area contributed by atoms with Gasteiger partial charge in [-0.25, -0.2) is 8.78 Å². The van der Waals surface area contributed by atoms with Gasteiger partial charge in [0.15, 0.2) is 11.6 Å². The number of anilines is 3. The molecule has 0 heterocycles. The fourth-order valence-corrected chi connectivity index (χ4v) is 2.17. The fraction of sp³-hybridized carbons (Fsp3) is 0. The van der Waals surface area contributed by atoms with E-state index in [9.17, 15) is 13.6 Å². The highest BCUT2D eigenvalue weighted by atomic mass is 19.2. The van der Waals surface area contributed by atoms with Crippen LogP contribution in [0.15, 0.2) is 72.8 Å². The molecule has 0 aromatic heterocycles. The van der Waals surface area contributed by atoms with E-state index < -0.39 is 11.6 Å². The van der Waals surface area contributed by atoms with Gasteiger partial charge in [-0.3, -0.25) is 4.79 Å². The van der Waals surface area contributed by atoms with Crippen molar-refractivity contribution < 1.29 is 13.6 Å². The summed E-state index contributed by atoms with van der Waals surface area (Å²) in [5, 5.41) is 5.75. The molecule has 0 aliphatic heterocycles. The van der Waals surface area contributed by atoms with Crippen LogP contribution in [0.1, 0.15) is 10.4 Å². The van der Waals surface area contributed by atoms with Crippen LogP contribution in [0.5, 0.6) is 0 Å². The van der Waals surface area contributed by atoms with E-state index in [-0.39, 0.29) is 5.91 Å². The maximum atomic E-state index is 13.2. The number of benzene rings is 3. The molecule has 0 saturated carbocycles. The van der Waals surface area contributed by atoms with Crippen molar-refractivity contribution >= 4 is 23.0 Å². The number of rotatable bonds is 4. The molecular weight excluding hydrogens is 310 g/mol. The van der Waals surface area contributed by atoms with Gasteiger partial charge in [0.1, 0.15) is 0 Å². The third-order valence-electron chi connectivity index (χ3n) is 3.39. The summed E-state index contributed by atoms with van der Waals surface area (Å²) in [4.78, 5) is 12.1. The van der Waals surface area contributed by atoms with Gasteiger partial charge >= 0.3 is 0 Å². The summed E-state index contributed by atoms with van der Waals surface area (Å²) in [7, 11) is 0. The molecular formula is C19H14F2N2O. The topological polar surface area (TPSA) is 41.1 Å². The zero-order valence-corrected chi connectivity index (χ0v) is 12.6. The van der Waals surface area contributed by atoms with Gasteiger partial charge in [-0.05, 0) is 48.5 Å². The summed E-state index contributed by atoms with van der Waals surface area (Å²) in [6.07, 6.45) is 0. The van der Waals surface area contributed by atoms with Gasteiger partial charge < -0.3 is 10.6 Å². The minimum Gasteiger partial charge on any atom is -0.355 e. The highest BCUT2D eigenvalue weighted by Crippen LogP contribution is 2.21. The third kappa shape index (κ3) is 3.76. The molecule has 3 aromatic carbocycles. The summed E-state index contributed by atoms with van der Waals surface area (Å²) in [6.45, 7) is 0. The lowest BCUT2D eigenvalue weighted by molar-refractivity contribution is 0.102. The Bertz CT molecular complexity index is 849. The van der Waals surface area contributed by atoms with E-state index in [0.29, 0.717) is 22.6 Å². The number of hydrogen-bond donors (Lipinski definition) is 2. The average Bonchev–Trinajstić information content (AvgIpc) is 2.61. The van der Waals surface area contributed by atoms with Gasteiger partial charge in [0.05, 0.1) is 0 Å². The van der Waals surface area contributed by atoms with Gasteiger partial charge in [-0.15, -0.1) is 0 Å². The van der Waals surface area contributed by atoms with Crippen LogP contribution >= 0.6 is 0 Å². The maximum Gasteiger partial charge on any atom is 0.255 e. The molecule has 0 bridgehead atoms. The monoisotopic (exact) mass is 324 g/mol. The lowest BCUT2D eigenvalue weighted by Gasteiger charge is -2.09. The molecule has 3 nitrogen and oxygen atoms in total. The van der Waals surface area contributed by atoms with Crippen molar-refractivity contribution in [1.82, 2.24) is 0 Å². The summed E-state index contributed by atoms with van der Waals surface area (Å²) >= 11 is 0. The molecule has 24 heavy (non-hydrogen) atoms. The van der Waals surface area contributed by atoms with Gasteiger partial charge in [0, 0.05) is 28.7 Å². The summed E-state index contributed by atoms with van der Waals surface area (Å²) < 4.78 is 26.1. The van der Waals surface area contributed by atoms with Gasteiger partial charge in [0.25, 0.3) is 5.91 Å². The largest absolute Gasteiger partial charge is 0.355 e. The first-order valence-electron chi connectivity index (χ1n) is 7.30. The van der Waals surface area contributed by atoms with Crippen LogP contribution in [0.2, 0.25) is 0 Å². The van der Waals surface area contributed by atoms with Crippen LogP contribution < -0.4 is 10.6 Å². The highest BCUT2D eigenvalue weighted by Gasteiger charge is 2.06. The van der Waals surface area contributed by atoms with E-state index >= 15 is 0 Å². The first-order valence-corrected chi connectivity index (χ1v) is 7.30. The molecule has 2 N–H and O–H groups in total. The zero-order valence-electron chi connectivity index (χ0n) is 12.6. The summed E-state index contributed by atoms with van der Waals surface area (Å²) in [5.41, 5.74) is 2.34. The quantitative estimate of drug-likeness (QED) is 0.712. The molecule has 0 spiro atoms. The number of nitrogens with one attached hydrogen (secondary N) is 2. The lowest BCUT2D eigenvalue weighted by atomic mass is 10.2. The Labute approximate surface area is 138 Å². The summed E-state index contributed by atoms with van der Waals surface area (Å²) in [6, 6.07) is 19.4. The van der Waals surface area contributed by atoms with Gasteiger partial charge in [-0.1, -0.05) is 18.2 Å². The second-order valence-corrected chi connectivity index (χ2v) is 5.15. The normalized spacial score (nSPS) is 10.2. The molecule has 0 fully saturated rings. The van der Waals surface area contributed by atoms with Gasteiger partial charge in [0.2, 0.25) is 0 Å². The average molecular weight is 324 g/mol. The number of halogens is 2. The first-order chi connectivity index (χ1) is 11.6. The van der Waals surface area contributed by atoms with Crippen molar-refractivity contribution in [3.05, 3.63) is 90.0 Å². The third-order valence-corrected chi connectivity index (χ3v) is 3.39. The fourth-order valence-electron chi connectivity index (χ4n) is 2.17. The molecule has 0 unspecified atom stereocenters. The smallest absolute Gasteiger partial charge is 0.255 e. The Morgan fingerprint density at radius 1 is 0.708 bits per heavy atom. The second kappa shape index (κ2) is 6.91. The van der Waals surface area contributed by atoms with Crippen LogP contribution in [-0.2, 0) is 0 Å². The minimum atomic E-state index is -0.910. The van der Waals surface area contributed by atoms with Crippen LogP contribution in [-0.4, -0.2) is 5.91 Å². The van der Waals surface area contributed by atoms with Crippen molar-refractivity contribution in [3.8, 4) is 0 Å². The van der Waals surface area contributed by atoms with E-state index in [1.807, 2.05) is 6.07 Å². The number of hydrogen-bond acceptors (Lipinski definition) is 2. The molecule has 0 atom stereocenters. The summed E-state index contributed by atoms with van der Waals surface area (Å²) in [5.74, 6) is -2.00. The molecule has 0 saturated heterocycles. The molecule has 3 aromatic rings. The predicted octanol–water partition coefficient (Wildman–Crippen LogP) is 4.96. The van der Waals surface area contributed by atoms with E-state index in [1.165, 1.54) is 6.07 Å². The van der Waals surface area contributed by atoms with E-state index in [1.54, 1.807) is 48.5 Å². The maximum absolute atomic E-state index is 13.2. The number of carbonyl (C=O) groups is 1. The Balaban J connectivity index is 1.67.